The second-order valence-corrected chi connectivity index (χ2v) is 9.98. The Hall–Kier alpha value is -3.93. The van der Waals surface area contributed by atoms with Gasteiger partial charge in [-0.3, -0.25) is 19.5 Å². The van der Waals surface area contributed by atoms with Crippen LogP contribution in [0.5, 0.6) is 0 Å². The Morgan fingerprint density at radius 2 is 2.03 bits per heavy atom. The highest BCUT2D eigenvalue weighted by Crippen LogP contribution is 2.46. The van der Waals surface area contributed by atoms with Gasteiger partial charge in [0.15, 0.2) is 0 Å². The number of nitrogens with zero attached hydrogens (tertiary/aromatic N) is 3. The summed E-state index contributed by atoms with van der Waals surface area (Å²) < 4.78 is 2.32. The average Bonchev–Trinajstić information content (AvgIpc) is 3.32. The molecule has 2 aromatic carbocycles. The van der Waals surface area contributed by atoms with Gasteiger partial charge in [-0.05, 0) is 53.8 Å². The van der Waals surface area contributed by atoms with E-state index >= 15 is 0 Å². The highest BCUT2D eigenvalue weighted by molar-refractivity contribution is 6.11. The highest BCUT2D eigenvalue weighted by Gasteiger charge is 2.41. The molecular weight excluding hydrogens is 436 g/mol. The summed E-state index contributed by atoms with van der Waals surface area (Å²) in [7, 11) is 0. The predicted octanol–water partition coefficient (Wildman–Crippen LogP) is 5.44. The summed E-state index contributed by atoms with van der Waals surface area (Å²) in [6, 6.07) is 16.5. The molecule has 0 fully saturated rings. The van der Waals surface area contributed by atoms with Gasteiger partial charge >= 0.3 is 0 Å². The van der Waals surface area contributed by atoms with E-state index in [0.29, 0.717) is 11.5 Å². The fourth-order valence-corrected chi connectivity index (χ4v) is 5.48. The van der Waals surface area contributed by atoms with Gasteiger partial charge in [-0.15, -0.1) is 0 Å². The molecule has 2 aliphatic rings. The number of pyridine rings is 1. The number of fused-ring (bicyclic) bond motifs is 1. The molecule has 1 N–H and O–H groups in total. The van der Waals surface area contributed by atoms with Crippen LogP contribution >= 0.6 is 0 Å². The van der Waals surface area contributed by atoms with E-state index < -0.39 is 0 Å². The number of hydrogen-bond donors (Lipinski definition) is 1. The Bertz CT molecular complexity index is 1550. The van der Waals surface area contributed by atoms with Crippen molar-refractivity contribution in [3.8, 4) is 0 Å². The van der Waals surface area contributed by atoms with Gasteiger partial charge in [-0.25, -0.2) is 0 Å². The van der Waals surface area contributed by atoms with Crippen LogP contribution in [0.3, 0.4) is 0 Å². The molecule has 1 atom stereocenters. The van der Waals surface area contributed by atoms with Gasteiger partial charge in [0, 0.05) is 53.9 Å². The summed E-state index contributed by atoms with van der Waals surface area (Å²) in [5, 5.41) is 5.73. The van der Waals surface area contributed by atoms with Crippen LogP contribution in [0.25, 0.3) is 21.8 Å². The summed E-state index contributed by atoms with van der Waals surface area (Å²) in [6.07, 6.45) is 5.08. The molecule has 6 rings (SSSR count). The Morgan fingerprint density at radius 1 is 1.17 bits per heavy atom. The number of amides is 2. The molecule has 2 aliphatic heterocycles. The molecule has 35 heavy (non-hydrogen) atoms. The summed E-state index contributed by atoms with van der Waals surface area (Å²) in [4.78, 5) is 31.8. The fraction of sp³-hybridized carbons (Fsp3) is 0.276. The molecule has 0 bridgehead atoms. The van der Waals surface area contributed by atoms with Crippen LogP contribution in [0.15, 0.2) is 72.2 Å². The molecule has 0 saturated heterocycles. The monoisotopic (exact) mass is 464 g/mol. The van der Waals surface area contributed by atoms with E-state index in [4.69, 9.17) is 0 Å². The lowest BCUT2D eigenvalue weighted by Gasteiger charge is -2.20. The highest BCUT2D eigenvalue weighted by atomic mass is 16.2. The largest absolute Gasteiger partial charge is 0.356 e. The number of rotatable bonds is 4. The number of hydrogen-bond acceptors (Lipinski definition) is 4. The van der Waals surface area contributed by atoms with E-state index in [-0.39, 0.29) is 24.3 Å². The minimum Gasteiger partial charge on any atom is -0.356 e. The zero-order chi connectivity index (χ0) is 24.3. The lowest BCUT2D eigenvalue weighted by Crippen LogP contribution is -2.33. The van der Waals surface area contributed by atoms with Crippen molar-refractivity contribution in [2.75, 3.05) is 11.9 Å². The second kappa shape index (κ2) is 8.08. The minimum atomic E-state index is -0.287. The van der Waals surface area contributed by atoms with Gasteiger partial charge in [0.25, 0.3) is 5.91 Å². The number of imide groups is 1. The van der Waals surface area contributed by atoms with Crippen molar-refractivity contribution >= 4 is 39.3 Å². The van der Waals surface area contributed by atoms with Crippen LogP contribution in [-0.2, 0) is 16.1 Å². The zero-order valence-electron chi connectivity index (χ0n) is 20.2. The quantitative estimate of drug-likeness (QED) is 0.437. The first kappa shape index (κ1) is 21.6. The van der Waals surface area contributed by atoms with Gasteiger partial charge in [0.2, 0.25) is 5.91 Å². The first-order valence-corrected chi connectivity index (χ1v) is 12.2. The maximum Gasteiger partial charge on any atom is 0.259 e. The minimum absolute atomic E-state index is 0.216. The number of carbonyl (C=O) groups excluding carboxylic acids is 2. The third kappa shape index (κ3) is 3.43. The van der Waals surface area contributed by atoms with Crippen molar-refractivity contribution < 1.29 is 9.59 Å². The van der Waals surface area contributed by atoms with Gasteiger partial charge < -0.3 is 9.88 Å². The van der Waals surface area contributed by atoms with Crippen molar-refractivity contribution in [3.63, 3.8) is 0 Å². The predicted molar refractivity (Wildman–Crippen MR) is 138 cm³/mol. The number of aromatic nitrogens is 2. The molecule has 0 aliphatic carbocycles. The molecule has 176 valence electrons. The SMILES string of the molecule is CC(=O)N1CC2=C(C1=O)[C@H](c1ccc3ncccc3c1)c1cn(CCC(C)C)c3cccc(c13)N2. The topological polar surface area (TPSA) is 67.2 Å². The van der Waals surface area contributed by atoms with Gasteiger partial charge in [0.1, 0.15) is 0 Å². The fourth-order valence-electron chi connectivity index (χ4n) is 5.48. The number of nitrogens with one attached hydrogen (secondary N) is 1. The van der Waals surface area contributed by atoms with E-state index in [1.54, 1.807) is 6.20 Å². The lowest BCUT2D eigenvalue weighted by atomic mass is 9.84. The third-order valence-electron chi connectivity index (χ3n) is 7.23. The first-order valence-electron chi connectivity index (χ1n) is 12.2. The van der Waals surface area contributed by atoms with Gasteiger partial charge in [-0.2, -0.15) is 0 Å². The number of anilines is 1. The van der Waals surface area contributed by atoms with Crippen LogP contribution in [-0.4, -0.2) is 32.8 Å². The molecule has 0 spiro atoms. The number of benzene rings is 2. The van der Waals surface area contributed by atoms with E-state index in [0.717, 1.165) is 57.3 Å². The Balaban J connectivity index is 1.61. The van der Waals surface area contributed by atoms with E-state index in [9.17, 15) is 9.59 Å². The van der Waals surface area contributed by atoms with Crippen LogP contribution in [0.1, 0.15) is 44.2 Å². The molecule has 6 nitrogen and oxygen atoms in total. The number of aryl methyl sites for hydroxylation is 1. The van der Waals surface area contributed by atoms with Crippen molar-refractivity contribution in [2.24, 2.45) is 5.92 Å². The smallest absolute Gasteiger partial charge is 0.259 e. The molecule has 0 saturated carbocycles. The summed E-state index contributed by atoms with van der Waals surface area (Å²) in [5.74, 6) is -0.152. The van der Waals surface area contributed by atoms with Crippen LogP contribution in [0.2, 0.25) is 0 Å². The van der Waals surface area contributed by atoms with Crippen LogP contribution in [0.4, 0.5) is 5.69 Å². The summed E-state index contributed by atoms with van der Waals surface area (Å²) in [5.41, 5.74) is 6.64. The van der Waals surface area contributed by atoms with Crippen LogP contribution in [0, 0.1) is 5.92 Å². The zero-order valence-corrected chi connectivity index (χ0v) is 20.2. The first-order chi connectivity index (χ1) is 16.9. The maximum atomic E-state index is 13.7. The molecule has 2 aromatic heterocycles. The second-order valence-electron chi connectivity index (χ2n) is 9.98. The molecular formula is C29H28N4O2. The normalized spacial score (nSPS) is 17.3. The molecule has 0 unspecified atom stereocenters. The molecule has 4 aromatic rings. The van der Waals surface area contributed by atoms with Crippen molar-refractivity contribution in [1.82, 2.24) is 14.5 Å². The summed E-state index contributed by atoms with van der Waals surface area (Å²) >= 11 is 0. The standard InChI is InChI=1S/C29H28N4O2/c1-17(2)11-13-32-15-21-26(20-9-10-22-19(14-20)6-5-12-30-22)28-24(16-33(18(3)34)29(28)35)31-23-7-4-8-25(32)27(21)23/h4-10,12,14-15,17,26,31H,11,13,16H2,1-3H3/t26-/m1/s1. The van der Waals surface area contributed by atoms with E-state index in [1.165, 1.54) is 11.8 Å². The molecule has 6 heteroatoms. The number of carbonyl (C=O) groups is 2. The lowest BCUT2D eigenvalue weighted by molar-refractivity contribution is -0.139. The molecule has 0 radical (unpaired) electrons. The molecule has 2 amide bonds. The average molecular weight is 465 g/mol. The summed E-state index contributed by atoms with van der Waals surface area (Å²) in [6.45, 7) is 7.10. The van der Waals surface area contributed by atoms with E-state index in [1.807, 2.05) is 18.2 Å². The van der Waals surface area contributed by atoms with E-state index in [2.05, 4.69) is 65.2 Å². The maximum absolute atomic E-state index is 13.7. The Morgan fingerprint density at radius 3 is 2.83 bits per heavy atom. The third-order valence-corrected chi connectivity index (χ3v) is 7.23. The Labute approximate surface area is 204 Å². The van der Waals surface area contributed by atoms with Crippen molar-refractivity contribution in [3.05, 3.63) is 83.3 Å². The molecule has 4 heterocycles. The van der Waals surface area contributed by atoms with Gasteiger partial charge in [-0.1, -0.05) is 32.0 Å². The van der Waals surface area contributed by atoms with Crippen LogP contribution < -0.4 is 5.32 Å². The van der Waals surface area contributed by atoms with Gasteiger partial charge in [0.05, 0.1) is 23.2 Å². The van der Waals surface area contributed by atoms with Crippen molar-refractivity contribution in [1.29, 1.82) is 0 Å². The van der Waals surface area contributed by atoms with Crippen molar-refractivity contribution in [2.45, 2.75) is 39.7 Å². The Kier molecular flexibility index (Phi) is 4.99.